The number of carbonyl (C=O) groups is 5. The molecule has 1 fully saturated rings. The maximum Gasteiger partial charge on any atom is 0.344 e. The van der Waals surface area contributed by atoms with E-state index in [2.05, 4.69) is 0 Å². The number of phenolic OH excluding ortho intramolecular Hbond substituents is 17. The van der Waals surface area contributed by atoms with E-state index in [0.717, 1.165) is 12.1 Å². The van der Waals surface area contributed by atoms with Crippen molar-refractivity contribution < 1.29 is 144 Å². The van der Waals surface area contributed by atoms with E-state index in [4.69, 9.17) is 33.2 Å². The first-order chi connectivity index (χ1) is 36.2. The normalized spacial score (nSPS) is 16.9. The van der Waals surface area contributed by atoms with Gasteiger partial charge in [-0.1, -0.05) is 0 Å². The third-order valence-corrected chi connectivity index (χ3v) is 11.0. The Kier molecular flexibility index (Phi) is 15.0. The molecule has 6 aromatic carbocycles. The van der Waals surface area contributed by atoms with Gasteiger partial charge in [0.25, 0.3) is 0 Å². The standard InChI is InChI=1S/C48H38O29/c49-21-3-16(4-22(50)34(21)61)43(66)72-14-33-40(75-45(68)18-7-25(53)36(63)26(54)8-18)41(71-13-15-1-31(59)39(32(60)2-15)74-44(67)17-5-23(51)35(62)24(52)6-17)42(76-46(69)19-9-27(55)37(64)28(56)10-19)48(73-33)77-47(70)20-11-29(57)38(65)30(58)12-20/h1-12,33,40-42,48-65H,13-14H2. The summed E-state index contributed by atoms with van der Waals surface area (Å²) in [4.78, 5) is 68.2. The number of aromatic hydroxyl groups is 17. The van der Waals surface area contributed by atoms with Crippen LogP contribution in [0.15, 0.2) is 72.8 Å². The van der Waals surface area contributed by atoms with E-state index in [1.54, 1.807) is 0 Å². The molecule has 404 valence electrons. The van der Waals surface area contributed by atoms with Gasteiger partial charge in [0.15, 0.2) is 110 Å². The second kappa shape index (κ2) is 21.3. The van der Waals surface area contributed by atoms with Gasteiger partial charge >= 0.3 is 29.8 Å². The highest BCUT2D eigenvalue weighted by molar-refractivity contribution is 5.95. The maximum absolute atomic E-state index is 14.0. The minimum atomic E-state index is -2.49. The summed E-state index contributed by atoms with van der Waals surface area (Å²) in [5, 5.41) is 173. The van der Waals surface area contributed by atoms with E-state index in [9.17, 15) is 111 Å². The van der Waals surface area contributed by atoms with Crippen molar-refractivity contribution in [2.75, 3.05) is 6.61 Å². The molecule has 29 nitrogen and oxygen atoms in total. The van der Waals surface area contributed by atoms with E-state index >= 15 is 0 Å². The van der Waals surface area contributed by atoms with Crippen molar-refractivity contribution in [2.45, 2.75) is 37.3 Å². The van der Waals surface area contributed by atoms with Gasteiger partial charge in [-0.25, -0.2) is 24.0 Å². The van der Waals surface area contributed by atoms with Gasteiger partial charge in [-0.3, -0.25) is 0 Å². The molecular formula is C48H38O29. The number of hydrogen-bond donors (Lipinski definition) is 17. The summed E-state index contributed by atoms with van der Waals surface area (Å²) in [6.45, 7) is -2.21. The zero-order valence-electron chi connectivity index (χ0n) is 38.2. The van der Waals surface area contributed by atoms with Crippen LogP contribution in [-0.4, -0.2) is 154 Å². The first-order valence-corrected chi connectivity index (χ1v) is 21.3. The summed E-state index contributed by atoms with van der Waals surface area (Å²) in [5.74, 6) is -26.6. The van der Waals surface area contributed by atoms with Crippen LogP contribution in [0.3, 0.4) is 0 Å². The minimum absolute atomic E-state index is 0.332. The molecule has 5 atom stereocenters. The molecular weight excluding hydrogens is 1040 g/mol. The predicted octanol–water partition coefficient (Wildman–Crippen LogP) is 2.68. The summed E-state index contributed by atoms with van der Waals surface area (Å²) in [5.41, 5.74) is -3.90. The monoisotopic (exact) mass is 1080 g/mol. The zero-order chi connectivity index (χ0) is 56.5. The molecule has 77 heavy (non-hydrogen) atoms. The molecule has 6 aromatic rings. The smallest absolute Gasteiger partial charge is 0.344 e. The summed E-state index contributed by atoms with van der Waals surface area (Å²) in [7, 11) is 0. The number of ether oxygens (including phenoxy) is 7. The predicted molar refractivity (Wildman–Crippen MR) is 243 cm³/mol. The second-order valence-corrected chi connectivity index (χ2v) is 16.2. The number of rotatable bonds is 14. The largest absolute Gasteiger partial charge is 0.504 e. The highest BCUT2D eigenvalue weighted by Gasteiger charge is 2.53. The van der Waals surface area contributed by atoms with Crippen molar-refractivity contribution in [2.24, 2.45) is 0 Å². The van der Waals surface area contributed by atoms with Gasteiger partial charge in [0.2, 0.25) is 12.0 Å². The third-order valence-electron chi connectivity index (χ3n) is 11.0. The van der Waals surface area contributed by atoms with E-state index < -0.39 is 205 Å². The summed E-state index contributed by atoms with van der Waals surface area (Å²) < 4.78 is 39.4. The van der Waals surface area contributed by atoms with Crippen LogP contribution >= 0.6 is 0 Å². The number of benzene rings is 6. The fourth-order valence-corrected chi connectivity index (χ4v) is 7.16. The minimum Gasteiger partial charge on any atom is -0.504 e. The van der Waals surface area contributed by atoms with Crippen molar-refractivity contribution in [3.8, 4) is 103 Å². The molecule has 7 rings (SSSR count). The quantitative estimate of drug-likeness (QED) is 0.0323. The summed E-state index contributed by atoms with van der Waals surface area (Å²) in [6, 6.07) is 7.59. The fraction of sp³-hybridized carbons (Fsp3) is 0.146. The van der Waals surface area contributed by atoms with Crippen molar-refractivity contribution in [3.05, 3.63) is 106 Å². The molecule has 5 unspecified atom stereocenters. The molecule has 0 aromatic heterocycles. The molecule has 0 radical (unpaired) electrons. The SMILES string of the molecule is O=C(OCC1OC(OC(=O)c2cc(O)c(O)c(O)c2)C(OC(=O)c2cc(O)c(O)c(O)c2)C(OCc2cc(O)c(OC(=O)c3cc(O)c(O)c(O)c3)c(O)c2)C1OC(=O)c1cc(O)c(O)c(O)c1)c1cc(O)c(O)c(O)c1. The Labute approximate surface area is 426 Å². The molecule has 1 aliphatic heterocycles. The lowest BCUT2D eigenvalue weighted by Gasteiger charge is -2.44. The first kappa shape index (κ1) is 54.0. The van der Waals surface area contributed by atoms with Gasteiger partial charge < -0.3 is 120 Å². The van der Waals surface area contributed by atoms with Gasteiger partial charge in [-0.05, 0) is 78.4 Å². The Bertz CT molecular complexity index is 3230. The van der Waals surface area contributed by atoms with Crippen molar-refractivity contribution in [3.63, 3.8) is 0 Å². The number of hydrogen-bond acceptors (Lipinski definition) is 29. The van der Waals surface area contributed by atoms with Crippen LogP contribution in [0.2, 0.25) is 0 Å². The average Bonchev–Trinajstić information content (AvgIpc) is 3.37. The van der Waals surface area contributed by atoms with E-state index in [1.807, 2.05) is 0 Å². The molecule has 17 N–H and O–H groups in total. The molecule has 1 aliphatic rings. The average molecular weight is 1080 g/mol. The summed E-state index contributed by atoms with van der Waals surface area (Å²) >= 11 is 0. The van der Waals surface area contributed by atoms with Crippen LogP contribution in [-0.2, 0) is 35.0 Å². The molecule has 0 bridgehead atoms. The van der Waals surface area contributed by atoms with E-state index in [-0.39, 0.29) is 5.56 Å². The summed E-state index contributed by atoms with van der Waals surface area (Å²) in [6.07, 6.45) is -11.6. The number of phenols is 17. The van der Waals surface area contributed by atoms with Gasteiger partial charge in [0.1, 0.15) is 18.8 Å². The van der Waals surface area contributed by atoms with Crippen LogP contribution in [0.5, 0.6) is 103 Å². The van der Waals surface area contributed by atoms with Gasteiger partial charge in [0.05, 0.1) is 34.4 Å². The highest BCUT2D eigenvalue weighted by Crippen LogP contribution is 2.43. The van der Waals surface area contributed by atoms with Gasteiger partial charge in [0, 0.05) is 0 Å². The Balaban J connectivity index is 1.35. The van der Waals surface area contributed by atoms with Crippen molar-refractivity contribution >= 4 is 29.8 Å². The number of esters is 5. The molecule has 1 heterocycles. The Morgan fingerprint density at radius 3 is 1.04 bits per heavy atom. The van der Waals surface area contributed by atoms with Crippen molar-refractivity contribution in [1.82, 2.24) is 0 Å². The molecule has 0 spiro atoms. The molecule has 1 saturated heterocycles. The lowest BCUT2D eigenvalue weighted by Crippen LogP contribution is -2.63. The fourth-order valence-electron chi connectivity index (χ4n) is 7.16. The maximum atomic E-state index is 14.0. The Morgan fingerprint density at radius 1 is 0.364 bits per heavy atom. The molecule has 0 saturated carbocycles. The molecule has 29 heteroatoms. The topological polar surface area (TPSA) is 494 Å². The van der Waals surface area contributed by atoms with Crippen LogP contribution in [0.1, 0.15) is 57.4 Å². The lowest BCUT2D eigenvalue weighted by molar-refractivity contribution is -0.292. The van der Waals surface area contributed by atoms with Crippen molar-refractivity contribution in [1.29, 1.82) is 0 Å². The van der Waals surface area contributed by atoms with Crippen LogP contribution < -0.4 is 4.74 Å². The second-order valence-electron chi connectivity index (χ2n) is 16.2. The third kappa shape index (κ3) is 11.4. The molecule has 0 amide bonds. The van der Waals surface area contributed by atoms with Gasteiger partial charge in [-0.15, -0.1) is 0 Å². The first-order valence-electron chi connectivity index (χ1n) is 21.3. The van der Waals surface area contributed by atoms with E-state index in [1.165, 1.54) is 0 Å². The Morgan fingerprint density at radius 2 is 0.675 bits per heavy atom. The van der Waals surface area contributed by atoms with E-state index in [0.29, 0.717) is 60.7 Å². The van der Waals surface area contributed by atoms with Gasteiger partial charge in [-0.2, -0.15) is 0 Å². The molecule has 0 aliphatic carbocycles. The van der Waals surface area contributed by atoms with Crippen LogP contribution in [0.25, 0.3) is 0 Å². The zero-order valence-corrected chi connectivity index (χ0v) is 38.2. The lowest BCUT2D eigenvalue weighted by atomic mass is 9.97. The van der Waals surface area contributed by atoms with Crippen LogP contribution in [0.4, 0.5) is 0 Å². The van der Waals surface area contributed by atoms with Crippen LogP contribution in [0, 0.1) is 0 Å². The Hall–Kier alpha value is -10.8. The highest BCUT2D eigenvalue weighted by atomic mass is 16.7. The number of carbonyl (C=O) groups excluding carboxylic acids is 5.